The molecule has 0 fully saturated rings. The van der Waals surface area contributed by atoms with E-state index in [1.165, 1.54) is 0 Å². The molecule has 8 heteroatoms. The lowest BCUT2D eigenvalue weighted by Gasteiger charge is -2.21. The Morgan fingerprint density at radius 3 is 2.96 bits per heavy atom. The summed E-state index contributed by atoms with van der Waals surface area (Å²) in [6.45, 7) is 4.30. The lowest BCUT2D eigenvalue weighted by molar-refractivity contribution is 0.476. The van der Waals surface area contributed by atoms with E-state index in [4.69, 9.17) is 4.99 Å². The molecular formula is C17H24N8. The Hall–Kier alpha value is -2.90. The van der Waals surface area contributed by atoms with Crippen molar-refractivity contribution in [1.29, 1.82) is 0 Å². The van der Waals surface area contributed by atoms with E-state index in [-0.39, 0.29) is 0 Å². The van der Waals surface area contributed by atoms with Gasteiger partial charge in [0.15, 0.2) is 11.6 Å². The minimum Gasteiger partial charge on any atom is -0.357 e. The van der Waals surface area contributed by atoms with Gasteiger partial charge in [0.1, 0.15) is 5.82 Å². The average Bonchev–Trinajstić information content (AvgIpc) is 3.20. The molecule has 0 saturated carbocycles. The molecule has 3 aromatic rings. The van der Waals surface area contributed by atoms with Crippen LogP contribution in [0.2, 0.25) is 0 Å². The highest BCUT2D eigenvalue weighted by Crippen LogP contribution is 2.05. The van der Waals surface area contributed by atoms with Gasteiger partial charge >= 0.3 is 0 Å². The van der Waals surface area contributed by atoms with Crippen molar-refractivity contribution in [3.63, 3.8) is 0 Å². The molecule has 25 heavy (non-hydrogen) atoms. The highest BCUT2D eigenvalue weighted by molar-refractivity contribution is 5.79. The Kier molecular flexibility index (Phi) is 5.27. The van der Waals surface area contributed by atoms with Crippen molar-refractivity contribution in [3.8, 4) is 0 Å². The molecule has 3 heterocycles. The third-order valence-corrected chi connectivity index (χ3v) is 3.86. The maximum atomic E-state index is 4.72. The number of fused-ring (bicyclic) bond motifs is 1. The van der Waals surface area contributed by atoms with Crippen molar-refractivity contribution >= 4 is 11.6 Å². The van der Waals surface area contributed by atoms with Crippen molar-refractivity contribution in [2.45, 2.75) is 19.9 Å². The number of nitrogens with one attached hydrogen (secondary N) is 1. The smallest absolute Gasteiger partial charge is 0.193 e. The molecule has 0 aliphatic rings. The van der Waals surface area contributed by atoms with Gasteiger partial charge in [-0.2, -0.15) is 5.10 Å². The first kappa shape index (κ1) is 16.9. The van der Waals surface area contributed by atoms with Crippen LogP contribution in [0.4, 0.5) is 0 Å². The normalized spacial score (nSPS) is 11.9. The van der Waals surface area contributed by atoms with Crippen molar-refractivity contribution < 1.29 is 0 Å². The number of aliphatic imine (C=N–C) groups is 1. The molecule has 0 unspecified atom stereocenters. The lowest BCUT2D eigenvalue weighted by atomic mass is 10.3. The zero-order chi connectivity index (χ0) is 17.6. The van der Waals surface area contributed by atoms with Crippen LogP contribution in [-0.4, -0.2) is 55.4 Å². The Labute approximate surface area is 147 Å². The Morgan fingerprint density at radius 1 is 1.32 bits per heavy atom. The maximum absolute atomic E-state index is 4.72. The van der Waals surface area contributed by atoms with E-state index < -0.39 is 0 Å². The summed E-state index contributed by atoms with van der Waals surface area (Å²) in [5.74, 6) is 1.80. The van der Waals surface area contributed by atoms with Gasteiger partial charge < -0.3 is 10.2 Å². The summed E-state index contributed by atoms with van der Waals surface area (Å²) in [6.07, 6.45) is 6.61. The van der Waals surface area contributed by atoms with Crippen LogP contribution in [0, 0.1) is 0 Å². The van der Waals surface area contributed by atoms with E-state index in [0.29, 0.717) is 6.54 Å². The van der Waals surface area contributed by atoms with Crippen LogP contribution in [0.25, 0.3) is 5.65 Å². The van der Waals surface area contributed by atoms with Crippen LogP contribution in [0.3, 0.4) is 0 Å². The molecule has 8 nitrogen and oxygen atoms in total. The summed E-state index contributed by atoms with van der Waals surface area (Å²) in [6, 6.07) is 5.89. The number of rotatable bonds is 6. The molecule has 0 saturated heterocycles. The monoisotopic (exact) mass is 340 g/mol. The Bertz CT molecular complexity index is 847. The maximum Gasteiger partial charge on any atom is 0.193 e. The summed E-state index contributed by atoms with van der Waals surface area (Å²) < 4.78 is 3.81. The standard InChI is InChI=1S/C17H24N8/c1-4-18-17(23(2)12-14-11-20-24(3)13-14)19-9-8-16-22-21-15-7-5-6-10-25(15)16/h5-7,10-11,13H,4,8-9,12H2,1-3H3,(H,18,19). The summed E-state index contributed by atoms with van der Waals surface area (Å²) in [5.41, 5.74) is 2.01. The molecule has 0 atom stereocenters. The van der Waals surface area contributed by atoms with E-state index in [1.807, 2.05) is 60.0 Å². The molecule has 132 valence electrons. The van der Waals surface area contributed by atoms with Crippen molar-refractivity contribution in [2.75, 3.05) is 20.1 Å². The van der Waals surface area contributed by atoms with E-state index >= 15 is 0 Å². The summed E-state index contributed by atoms with van der Waals surface area (Å²) in [5, 5.41) is 16.0. The number of aromatic nitrogens is 5. The van der Waals surface area contributed by atoms with Crippen LogP contribution < -0.4 is 5.32 Å². The number of aryl methyl sites for hydroxylation is 1. The largest absolute Gasteiger partial charge is 0.357 e. The highest BCUT2D eigenvalue weighted by atomic mass is 15.3. The number of nitrogens with zero attached hydrogens (tertiary/aromatic N) is 7. The van der Waals surface area contributed by atoms with Crippen LogP contribution in [0.1, 0.15) is 18.3 Å². The second kappa shape index (κ2) is 7.78. The van der Waals surface area contributed by atoms with Gasteiger partial charge in [0.25, 0.3) is 0 Å². The fourth-order valence-electron chi connectivity index (χ4n) is 2.70. The SMILES string of the molecule is CCNC(=NCCc1nnc2ccccn12)N(C)Cc1cnn(C)c1. The van der Waals surface area contributed by atoms with Crippen LogP contribution in [-0.2, 0) is 20.0 Å². The van der Waals surface area contributed by atoms with Crippen molar-refractivity contribution in [2.24, 2.45) is 12.0 Å². The molecular weight excluding hydrogens is 316 g/mol. The zero-order valence-electron chi connectivity index (χ0n) is 14.9. The molecule has 0 amide bonds. The lowest BCUT2D eigenvalue weighted by Crippen LogP contribution is -2.38. The number of hydrogen-bond donors (Lipinski definition) is 1. The highest BCUT2D eigenvalue weighted by Gasteiger charge is 2.09. The van der Waals surface area contributed by atoms with E-state index in [9.17, 15) is 0 Å². The van der Waals surface area contributed by atoms with Gasteiger partial charge in [-0.3, -0.25) is 14.1 Å². The van der Waals surface area contributed by atoms with Gasteiger partial charge in [-0.25, -0.2) is 0 Å². The number of pyridine rings is 1. The minimum absolute atomic E-state index is 0.648. The second-order valence-corrected chi connectivity index (χ2v) is 5.91. The minimum atomic E-state index is 0.648. The summed E-state index contributed by atoms with van der Waals surface area (Å²) in [7, 11) is 3.95. The van der Waals surface area contributed by atoms with Crippen molar-refractivity contribution in [3.05, 3.63) is 48.2 Å². The quantitative estimate of drug-likeness (QED) is 0.537. The zero-order valence-corrected chi connectivity index (χ0v) is 14.9. The van der Waals surface area contributed by atoms with Gasteiger partial charge in [-0.15, -0.1) is 10.2 Å². The molecule has 3 rings (SSSR count). The summed E-state index contributed by atoms with van der Waals surface area (Å²) in [4.78, 5) is 6.82. The second-order valence-electron chi connectivity index (χ2n) is 5.91. The van der Waals surface area contributed by atoms with Crippen LogP contribution >= 0.6 is 0 Å². The van der Waals surface area contributed by atoms with Crippen molar-refractivity contribution in [1.82, 2.24) is 34.6 Å². The van der Waals surface area contributed by atoms with E-state index in [0.717, 1.165) is 42.5 Å². The van der Waals surface area contributed by atoms with Gasteiger partial charge in [0.2, 0.25) is 0 Å². The van der Waals surface area contributed by atoms with Gasteiger partial charge in [-0.05, 0) is 19.1 Å². The molecule has 0 aromatic carbocycles. The van der Waals surface area contributed by atoms with Crippen LogP contribution in [0.15, 0.2) is 41.8 Å². The molecule has 0 spiro atoms. The number of hydrogen-bond acceptors (Lipinski definition) is 4. The molecule has 0 bridgehead atoms. The molecule has 0 radical (unpaired) electrons. The number of guanidine groups is 1. The molecule has 1 N–H and O–H groups in total. The van der Waals surface area contributed by atoms with E-state index in [2.05, 4.69) is 32.4 Å². The van der Waals surface area contributed by atoms with Gasteiger partial charge in [0.05, 0.1) is 6.20 Å². The van der Waals surface area contributed by atoms with Crippen LogP contribution in [0.5, 0.6) is 0 Å². The fourth-order valence-corrected chi connectivity index (χ4v) is 2.70. The predicted molar refractivity (Wildman–Crippen MR) is 97.3 cm³/mol. The first-order valence-corrected chi connectivity index (χ1v) is 8.43. The van der Waals surface area contributed by atoms with E-state index in [1.54, 1.807) is 0 Å². The first-order chi connectivity index (χ1) is 12.2. The first-order valence-electron chi connectivity index (χ1n) is 8.43. The van der Waals surface area contributed by atoms with Gasteiger partial charge in [0, 0.05) is 58.1 Å². The Morgan fingerprint density at radius 2 is 2.20 bits per heavy atom. The summed E-state index contributed by atoms with van der Waals surface area (Å²) >= 11 is 0. The van der Waals surface area contributed by atoms with Gasteiger partial charge in [-0.1, -0.05) is 6.07 Å². The third kappa shape index (κ3) is 4.14. The third-order valence-electron chi connectivity index (χ3n) is 3.86. The molecule has 0 aliphatic heterocycles. The fraction of sp³-hybridized carbons (Fsp3) is 0.412. The average molecular weight is 340 g/mol. The Balaban J connectivity index is 1.65. The predicted octanol–water partition coefficient (Wildman–Crippen LogP) is 1.10. The molecule has 3 aromatic heterocycles. The molecule has 0 aliphatic carbocycles. The topological polar surface area (TPSA) is 75.6 Å².